The van der Waals surface area contributed by atoms with Crippen LogP contribution in [0, 0.1) is 0 Å². The predicted molar refractivity (Wildman–Crippen MR) is 164 cm³/mol. The van der Waals surface area contributed by atoms with Crippen molar-refractivity contribution in [3.05, 3.63) is 64.0 Å². The van der Waals surface area contributed by atoms with Gasteiger partial charge in [-0.2, -0.15) is 0 Å². The molecule has 218 valence electrons. The number of fused-ring (bicyclic) bond motifs is 1. The van der Waals surface area contributed by atoms with Gasteiger partial charge in [-0.05, 0) is 81.0 Å². The third-order valence-electron chi connectivity index (χ3n) is 6.82. The number of anilines is 2. The number of aryl methyl sites for hydroxylation is 1. The van der Waals surface area contributed by atoms with Gasteiger partial charge >= 0.3 is 5.97 Å². The van der Waals surface area contributed by atoms with Crippen molar-refractivity contribution in [2.45, 2.75) is 62.5 Å². The van der Waals surface area contributed by atoms with Crippen LogP contribution in [-0.4, -0.2) is 43.9 Å². The summed E-state index contributed by atoms with van der Waals surface area (Å²) in [4.78, 5) is 41.3. The second-order valence-corrected chi connectivity index (χ2v) is 11.9. The summed E-state index contributed by atoms with van der Waals surface area (Å²) in [7, 11) is 3.06. The molecular weight excluding hydrogens is 560 g/mol. The van der Waals surface area contributed by atoms with E-state index in [9.17, 15) is 14.4 Å². The number of hydrogen-bond acceptors (Lipinski definition) is 8. The highest BCUT2D eigenvalue weighted by molar-refractivity contribution is 8.00. The Balaban J connectivity index is 1.47. The number of rotatable bonds is 11. The largest absolute Gasteiger partial charge is 0.493 e. The molecule has 0 spiro atoms. The van der Waals surface area contributed by atoms with Gasteiger partial charge in [0.2, 0.25) is 5.91 Å². The summed E-state index contributed by atoms with van der Waals surface area (Å²) >= 11 is 2.91. The molecule has 0 saturated heterocycles. The lowest BCUT2D eigenvalue weighted by molar-refractivity contribution is -0.115. The number of nitrogens with one attached hydrogen (secondary N) is 2. The van der Waals surface area contributed by atoms with Gasteiger partial charge in [-0.1, -0.05) is 19.4 Å². The monoisotopic (exact) mass is 596 g/mol. The average molecular weight is 597 g/mol. The second-order valence-electron chi connectivity index (χ2n) is 9.54. The molecule has 41 heavy (non-hydrogen) atoms. The number of amides is 2. The number of benzene rings is 2. The van der Waals surface area contributed by atoms with E-state index in [0.29, 0.717) is 39.7 Å². The summed E-state index contributed by atoms with van der Waals surface area (Å²) in [6.07, 6.45) is 5.55. The molecule has 1 aliphatic carbocycles. The zero-order valence-corrected chi connectivity index (χ0v) is 25.5. The van der Waals surface area contributed by atoms with E-state index in [1.54, 1.807) is 38.3 Å². The summed E-state index contributed by atoms with van der Waals surface area (Å²) in [5.74, 6) is 0.176. The molecule has 1 atom stereocenters. The Morgan fingerprint density at radius 1 is 0.951 bits per heavy atom. The zero-order chi connectivity index (χ0) is 29.4. The molecule has 1 unspecified atom stereocenters. The number of thiophene rings is 1. The Kier molecular flexibility index (Phi) is 10.7. The molecule has 2 N–H and O–H groups in total. The van der Waals surface area contributed by atoms with Crippen molar-refractivity contribution in [2.24, 2.45) is 0 Å². The highest BCUT2D eigenvalue weighted by Crippen LogP contribution is 2.39. The molecule has 3 aromatic rings. The molecular formula is C31H36N2O6S2. The SMILES string of the molecule is CCOC(=O)c1c(NC(=O)C(CC)Sc2cccc(NC(=O)c3ccc(OC)c(OC)c3)c2)sc2c1CCCCC2. The fourth-order valence-corrected chi connectivity index (χ4v) is 7.05. The van der Waals surface area contributed by atoms with Gasteiger partial charge < -0.3 is 24.8 Å². The minimum atomic E-state index is -0.399. The van der Waals surface area contributed by atoms with Gasteiger partial charge in [-0.15, -0.1) is 23.1 Å². The summed E-state index contributed by atoms with van der Waals surface area (Å²) < 4.78 is 15.9. The molecule has 0 fully saturated rings. The predicted octanol–water partition coefficient (Wildman–Crippen LogP) is 6.97. The van der Waals surface area contributed by atoms with Crippen LogP contribution in [0.4, 0.5) is 10.7 Å². The minimum absolute atomic E-state index is 0.167. The maximum Gasteiger partial charge on any atom is 0.341 e. The summed E-state index contributed by atoms with van der Waals surface area (Å²) in [5, 5.41) is 6.15. The Hall–Kier alpha value is -3.50. The lowest BCUT2D eigenvalue weighted by Gasteiger charge is -2.16. The van der Waals surface area contributed by atoms with E-state index < -0.39 is 5.25 Å². The van der Waals surface area contributed by atoms with Gasteiger partial charge in [0.05, 0.1) is 31.6 Å². The van der Waals surface area contributed by atoms with Gasteiger partial charge in [-0.3, -0.25) is 9.59 Å². The first-order chi connectivity index (χ1) is 19.9. The number of hydrogen-bond donors (Lipinski definition) is 2. The Morgan fingerprint density at radius 3 is 2.46 bits per heavy atom. The average Bonchev–Trinajstić information content (AvgIpc) is 3.15. The maximum absolute atomic E-state index is 13.5. The van der Waals surface area contributed by atoms with Gasteiger partial charge in [0.15, 0.2) is 11.5 Å². The van der Waals surface area contributed by atoms with Crippen molar-refractivity contribution < 1.29 is 28.6 Å². The molecule has 0 aliphatic heterocycles. The Labute approximate surface area is 249 Å². The number of thioether (sulfide) groups is 1. The van der Waals surface area contributed by atoms with Gasteiger partial charge in [0, 0.05) is 21.0 Å². The van der Waals surface area contributed by atoms with Crippen LogP contribution in [0.1, 0.15) is 70.7 Å². The molecule has 4 rings (SSSR count). The molecule has 2 aromatic carbocycles. The first kappa shape index (κ1) is 30.5. The minimum Gasteiger partial charge on any atom is -0.493 e. The molecule has 1 aromatic heterocycles. The second kappa shape index (κ2) is 14.4. The van der Waals surface area contributed by atoms with Crippen LogP contribution in [0.25, 0.3) is 0 Å². The molecule has 2 amide bonds. The molecule has 0 saturated carbocycles. The van der Waals surface area contributed by atoms with E-state index in [1.165, 1.54) is 35.1 Å². The first-order valence-corrected chi connectivity index (χ1v) is 15.5. The molecule has 0 bridgehead atoms. The number of methoxy groups -OCH3 is 2. The zero-order valence-electron chi connectivity index (χ0n) is 23.8. The maximum atomic E-state index is 13.5. The van der Waals surface area contributed by atoms with Crippen molar-refractivity contribution in [3.63, 3.8) is 0 Å². The summed E-state index contributed by atoms with van der Waals surface area (Å²) in [6.45, 7) is 4.02. The number of carbonyl (C=O) groups excluding carboxylic acids is 3. The van der Waals surface area contributed by atoms with E-state index in [0.717, 1.165) is 42.6 Å². The lowest BCUT2D eigenvalue weighted by atomic mass is 10.1. The highest BCUT2D eigenvalue weighted by Gasteiger charge is 2.28. The first-order valence-electron chi connectivity index (χ1n) is 13.8. The van der Waals surface area contributed by atoms with E-state index >= 15 is 0 Å². The molecule has 8 nitrogen and oxygen atoms in total. The molecule has 10 heteroatoms. The quantitative estimate of drug-likeness (QED) is 0.140. The van der Waals surface area contributed by atoms with Crippen LogP contribution in [0.5, 0.6) is 11.5 Å². The normalized spacial score (nSPS) is 13.4. The molecule has 1 aliphatic rings. The van der Waals surface area contributed by atoms with Gasteiger partial charge in [0.25, 0.3) is 5.91 Å². The molecule has 0 radical (unpaired) electrons. The fourth-order valence-electron chi connectivity index (χ4n) is 4.76. The van der Waals surface area contributed by atoms with E-state index in [1.807, 2.05) is 25.1 Å². The van der Waals surface area contributed by atoms with Gasteiger partial charge in [0.1, 0.15) is 5.00 Å². The van der Waals surface area contributed by atoms with Crippen LogP contribution in [0.3, 0.4) is 0 Å². The Bertz CT molecular complexity index is 1400. The summed E-state index contributed by atoms with van der Waals surface area (Å²) in [5.41, 5.74) is 2.58. The van der Waals surface area contributed by atoms with E-state index in [4.69, 9.17) is 14.2 Å². The van der Waals surface area contributed by atoms with Crippen LogP contribution in [0.15, 0.2) is 47.4 Å². The van der Waals surface area contributed by atoms with Crippen molar-refractivity contribution in [3.8, 4) is 11.5 Å². The number of carbonyl (C=O) groups is 3. The standard InChI is InChI=1S/C31H36N2O6S2/c1-5-25(29(35)33-30-27(31(36)39-6-2)22-13-8-7-9-14-26(22)41-30)40-21-12-10-11-20(18-21)32-28(34)19-15-16-23(37-3)24(17-19)38-4/h10-12,15-18,25H,5-9,13-14H2,1-4H3,(H,32,34)(H,33,35). The van der Waals surface area contributed by atoms with E-state index in [-0.39, 0.29) is 24.4 Å². The Morgan fingerprint density at radius 2 is 1.73 bits per heavy atom. The highest BCUT2D eigenvalue weighted by atomic mass is 32.2. The lowest BCUT2D eigenvalue weighted by Crippen LogP contribution is -2.25. The van der Waals surface area contributed by atoms with Crippen LogP contribution < -0.4 is 20.1 Å². The van der Waals surface area contributed by atoms with Gasteiger partial charge in [-0.25, -0.2) is 4.79 Å². The summed E-state index contributed by atoms with van der Waals surface area (Å²) in [6, 6.07) is 12.4. The fraction of sp³-hybridized carbons (Fsp3) is 0.387. The topological polar surface area (TPSA) is 103 Å². The van der Waals surface area contributed by atoms with Crippen molar-refractivity contribution in [1.82, 2.24) is 0 Å². The number of ether oxygens (including phenoxy) is 3. The third-order valence-corrected chi connectivity index (χ3v) is 9.38. The molecule has 1 heterocycles. The third kappa shape index (κ3) is 7.42. The van der Waals surface area contributed by atoms with Crippen molar-refractivity contribution in [2.75, 3.05) is 31.5 Å². The van der Waals surface area contributed by atoms with Crippen LogP contribution in [0.2, 0.25) is 0 Å². The van der Waals surface area contributed by atoms with Crippen LogP contribution >= 0.6 is 23.1 Å². The van der Waals surface area contributed by atoms with Crippen LogP contribution in [-0.2, 0) is 22.4 Å². The van der Waals surface area contributed by atoms with Crippen molar-refractivity contribution >= 4 is 51.6 Å². The van der Waals surface area contributed by atoms with Crippen molar-refractivity contribution in [1.29, 1.82) is 0 Å². The smallest absolute Gasteiger partial charge is 0.341 e. The van der Waals surface area contributed by atoms with E-state index in [2.05, 4.69) is 10.6 Å². The number of esters is 1.